The van der Waals surface area contributed by atoms with Crippen molar-refractivity contribution in [1.82, 2.24) is 0 Å². The van der Waals surface area contributed by atoms with E-state index in [1.165, 1.54) is 25.8 Å². The molecule has 3 aromatic rings. The molecule has 0 atom stereocenters. The summed E-state index contributed by atoms with van der Waals surface area (Å²) in [6.45, 7) is 0. The molecule has 146 valence electrons. The minimum atomic E-state index is -4.52. The van der Waals surface area contributed by atoms with Gasteiger partial charge in [-0.1, -0.05) is 41.9 Å². The molecule has 0 bridgehead atoms. The Hall–Kier alpha value is -1.62. The molecule has 1 N–H and O–H groups in total. The van der Waals surface area contributed by atoms with Gasteiger partial charge < -0.3 is 0 Å². The quantitative estimate of drug-likeness (QED) is 0.221. The van der Waals surface area contributed by atoms with Crippen LogP contribution in [0.4, 0.5) is 13.2 Å². The second-order valence-electron chi connectivity index (χ2n) is 5.83. The van der Waals surface area contributed by atoms with Gasteiger partial charge in [0, 0.05) is 9.13 Å². The first-order chi connectivity index (χ1) is 13.0. The molecule has 1 aliphatic rings. The van der Waals surface area contributed by atoms with Crippen LogP contribution < -0.4 is 0 Å². The smallest absolute Gasteiger partial charge is 0.282 e. The highest BCUT2D eigenvalue weighted by atomic mass is 127. The molecule has 0 fully saturated rings. The van der Waals surface area contributed by atoms with E-state index in [4.69, 9.17) is 16.2 Å². The van der Waals surface area contributed by atoms with Crippen LogP contribution in [0.2, 0.25) is 5.02 Å². The number of rotatable bonds is 1. The van der Waals surface area contributed by atoms with Crippen LogP contribution in [0.15, 0.2) is 65.6 Å². The summed E-state index contributed by atoms with van der Waals surface area (Å²) >= 11 is 8.39. The summed E-state index contributed by atoms with van der Waals surface area (Å²) in [5.74, 6) is 0. The minimum Gasteiger partial charge on any atom is -0.282 e. The maximum atomic E-state index is 12.0. The number of hydrogen-bond donors (Lipinski definition) is 1. The maximum Gasteiger partial charge on any atom is 0.416 e. The molecule has 0 aliphatic heterocycles. The summed E-state index contributed by atoms with van der Waals surface area (Å²) < 4.78 is 66.6. The van der Waals surface area contributed by atoms with Crippen LogP contribution in [0.25, 0.3) is 22.3 Å². The maximum absolute atomic E-state index is 12.0. The second kappa shape index (κ2) is 7.66. The fraction of sp³-hybridized carbons (Fsp3) is 0.0526. The highest BCUT2D eigenvalue weighted by molar-refractivity contribution is 14.1. The molecule has 3 aromatic carbocycles. The zero-order valence-corrected chi connectivity index (χ0v) is 17.6. The second-order valence-corrected chi connectivity index (χ2v) is 8.73. The number of halogens is 5. The van der Waals surface area contributed by atoms with Gasteiger partial charge in [0.1, 0.15) is 0 Å². The first-order valence-corrected chi connectivity index (χ1v) is 10.6. The first-order valence-electron chi connectivity index (χ1n) is 7.72. The van der Waals surface area contributed by atoms with Crippen LogP contribution in [0, 0.1) is 3.57 Å². The van der Waals surface area contributed by atoms with Crippen molar-refractivity contribution in [3.63, 3.8) is 0 Å². The molecule has 0 saturated carbocycles. The predicted molar refractivity (Wildman–Crippen MR) is 110 cm³/mol. The van der Waals surface area contributed by atoms with Gasteiger partial charge in [0.25, 0.3) is 10.1 Å². The van der Waals surface area contributed by atoms with Gasteiger partial charge in [0.05, 0.1) is 15.5 Å². The Morgan fingerprint density at radius 1 is 0.857 bits per heavy atom. The summed E-state index contributed by atoms with van der Waals surface area (Å²) in [7, 11) is -4.43. The fourth-order valence-electron chi connectivity index (χ4n) is 2.73. The number of benzene rings is 3. The molecule has 0 spiro atoms. The molecule has 0 amide bonds. The first kappa shape index (κ1) is 21.1. The lowest BCUT2D eigenvalue weighted by atomic mass is 9.81. The average molecular weight is 539 g/mol. The van der Waals surface area contributed by atoms with Crippen LogP contribution in [-0.4, -0.2) is 13.0 Å². The molecule has 0 aromatic heterocycles. The van der Waals surface area contributed by atoms with Crippen molar-refractivity contribution in [3.8, 4) is 22.3 Å². The van der Waals surface area contributed by atoms with Crippen LogP contribution in [0.3, 0.4) is 0 Å². The Kier molecular flexibility index (Phi) is 5.77. The zero-order valence-electron chi connectivity index (χ0n) is 13.8. The van der Waals surface area contributed by atoms with Crippen LogP contribution in [0.5, 0.6) is 0 Å². The number of hydrogen-bond acceptors (Lipinski definition) is 2. The van der Waals surface area contributed by atoms with E-state index in [-0.39, 0.29) is 0 Å². The summed E-state index contributed by atoms with van der Waals surface area (Å²) in [5.41, 5.74) is 4.35. The molecule has 0 unspecified atom stereocenters. The zero-order chi connectivity index (χ0) is 20.7. The summed E-state index contributed by atoms with van der Waals surface area (Å²) in [5, 5.41) is 0.846. The largest absolute Gasteiger partial charge is 0.416 e. The Balaban J connectivity index is 0.000000161. The summed E-state index contributed by atoms with van der Waals surface area (Å²) in [6, 6.07) is 15.1. The number of fused-ring (bicyclic) bond motifs is 4. The van der Waals surface area contributed by atoms with Crippen molar-refractivity contribution in [3.05, 3.63) is 74.8 Å². The van der Waals surface area contributed by atoms with Crippen molar-refractivity contribution in [1.29, 1.82) is 0 Å². The topological polar surface area (TPSA) is 54.4 Å². The molecule has 28 heavy (non-hydrogen) atoms. The third-order valence-electron chi connectivity index (χ3n) is 4.06. The van der Waals surface area contributed by atoms with Gasteiger partial charge in [-0.15, -0.1) is 0 Å². The minimum absolute atomic E-state index is 0.564. The number of alkyl halides is 3. The van der Waals surface area contributed by atoms with Crippen molar-refractivity contribution in [2.75, 3.05) is 0 Å². The lowest BCUT2D eigenvalue weighted by molar-refractivity contribution is -0.137. The third-order valence-corrected chi connectivity index (χ3v) is 6.68. The van der Waals surface area contributed by atoms with Gasteiger partial charge in [0.2, 0.25) is 0 Å². The third kappa shape index (κ3) is 4.19. The van der Waals surface area contributed by atoms with Crippen LogP contribution in [-0.2, 0) is 16.3 Å². The van der Waals surface area contributed by atoms with Gasteiger partial charge in [-0.2, -0.15) is 21.6 Å². The molecular weight excluding hydrogens is 528 g/mol. The van der Waals surface area contributed by atoms with E-state index in [9.17, 15) is 21.6 Å². The molecule has 9 heteroatoms. The van der Waals surface area contributed by atoms with E-state index in [0.717, 1.165) is 5.02 Å². The van der Waals surface area contributed by atoms with Crippen LogP contribution in [0.1, 0.15) is 5.56 Å². The van der Waals surface area contributed by atoms with Crippen LogP contribution >= 0.6 is 34.2 Å². The monoisotopic (exact) mass is 538 g/mol. The lowest BCUT2D eigenvalue weighted by Crippen LogP contribution is -2.05. The van der Waals surface area contributed by atoms with E-state index in [0.29, 0.717) is 24.3 Å². The predicted octanol–water partition coefficient (Wildman–Crippen LogP) is 6.54. The molecule has 0 radical (unpaired) electrons. The van der Waals surface area contributed by atoms with Crippen molar-refractivity contribution >= 4 is 44.3 Å². The van der Waals surface area contributed by atoms with Gasteiger partial charge >= 0.3 is 6.18 Å². The Morgan fingerprint density at radius 2 is 1.43 bits per heavy atom. The summed E-state index contributed by atoms with van der Waals surface area (Å²) in [6.07, 6.45) is -4.52. The Morgan fingerprint density at radius 3 is 1.96 bits per heavy atom. The van der Waals surface area contributed by atoms with Crippen molar-refractivity contribution in [2.45, 2.75) is 11.1 Å². The van der Waals surface area contributed by atoms with Gasteiger partial charge in [0.15, 0.2) is 0 Å². The van der Waals surface area contributed by atoms with Gasteiger partial charge in [-0.3, -0.25) is 4.55 Å². The molecular formula is C19H11ClF3IO3S. The molecule has 4 rings (SSSR count). The van der Waals surface area contributed by atoms with E-state index < -0.39 is 26.8 Å². The highest BCUT2D eigenvalue weighted by Crippen LogP contribution is 2.50. The highest BCUT2D eigenvalue weighted by Gasteiger charge is 2.30. The van der Waals surface area contributed by atoms with Gasteiger partial charge in [-0.05, 0) is 69.6 Å². The van der Waals surface area contributed by atoms with Gasteiger partial charge in [-0.25, -0.2) is 0 Å². The molecule has 0 saturated heterocycles. The van der Waals surface area contributed by atoms with E-state index >= 15 is 0 Å². The van der Waals surface area contributed by atoms with Crippen molar-refractivity contribution < 1.29 is 26.1 Å². The Labute approximate surface area is 178 Å². The average Bonchev–Trinajstić information content (AvgIpc) is 2.61. The summed E-state index contributed by atoms with van der Waals surface area (Å²) in [4.78, 5) is -0.564. The van der Waals surface area contributed by atoms with E-state index in [1.54, 1.807) is 0 Å². The molecule has 3 nitrogen and oxygen atoms in total. The van der Waals surface area contributed by atoms with E-state index in [1.807, 2.05) is 6.07 Å². The lowest BCUT2D eigenvalue weighted by Gasteiger charge is -2.25. The standard InChI is InChI=1S/C12H6ClI.C7H5F3O3S/c13-10-6-5-9-7-3-1-2-4-8(7)11(9)12(10)14;8-7(9,10)5-1-3-6(4-2-5)14(11,12)13/h1-6H;1-4H,(H,11,12,13). The van der Waals surface area contributed by atoms with Crippen molar-refractivity contribution in [2.24, 2.45) is 0 Å². The SMILES string of the molecule is Clc1ccc2c(c1I)-c1ccccc1-2.O=S(=O)(O)c1ccc(C(F)(F)F)cc1. The fourth-order valence-corrected chi connectivity index (χ4v) is 4.13. The van der Waals surface area contributed by atoms with E-state index in [2.05, 4.69) is 52.9 Å². The molecule has 1 aliphatic carbocycles. The normalized spacial score (nSPS) is 12.2. The Bertz CT molecular complexity index is 1140. The molecule has 0 heterocycles.